The summed E-state index contributed by atoms with van der Waals surface area (Å²) in [5.41, 5.74) is 6.52. The van der Waals surface area contributed by atoms with Crippen LogP contribution in [0.1, 0.15) is 47.0 Å². The molecule has 2 atom stereocenters. The second kappa shape index (κ2) is 4.52. The summed E-state index contributed by atoms with van der Waals surface area (Å²) in [6.45, 7) is 10.6. The van der Waals surface area contributed by atoms with Crippen molar-refractivity contribution in [1.29, 1.82) is 0 Å². The Labute approximate surface area is 105 Å². The maximum Gasteiger partial charge on any atom is 0.0662 e. The Bertz CT molecular complexity index is 273. The van der Waals surface area contributed by atoms with Crippen molar-refractivity contribution < 1.29 is 4.74 Å². The summed E-state index contributed by atoms with van der Waals surface area (Å²) in [5.74, 6) is 0.895. The molecule has 0 amide bonds. The van der Waals surface area contributed by atoms with Crippen molar-refractivity contribution in [2.75, 3.05) is 13.2 Å². The number of nitrogens with one attached hydrogen (secondary N) is 1. The lowest BCUT2D eigenvalue weighted by atomic mass is 9.54. The van der Waals surface area contributed by atoms with E-state index in [-0.39, 0.29) is 11.0 Å². The molecule has 0 aliphatic heterocycles. The summed E-state index contributed by atoms with van der Waals surface area (Å²) in [5, 5.41) is 3.63. The first-order valence-electron chi connectivity index (χ1n) is 7.03. The molecule has 0 bridgehead atoms. The fourth-order valence-corrected chi connectivity index (χ4v) is 3.20. The van der Waals surface area contributed by atoms with Crippen LogP contribution in [0.25, 0.3) is 0 Å². The minimum absolute atomic E-state index is 0.0887. The molecule has 0 heterocycles. The third-order valence-electron chi connectivity index (χ3n) is 5.09. The Morgan fingerprint density at radius 3 is 2.47 bits per heavy atom. The number of nitrogens with two attached hydrogens (primary N) is 1. The summed E-state index contributed by atoms with van der Waals surface area (Å²) < 4.78 is 5.74. The van der Waals surface area contributed by atoms with Crippen molar-refractivity contribution in [2.24, 2.45) is 17.1 Å². The quantitative estimate of drug-likeness (QED) is 0.771. The molecule has 3 nitrogen and oxygen atoms in total. The topological polar surface area (TPSA) is 47.3 Å². The Balaban J connectivity index is 1.80. The summed E-state index contributed by atoms with van der Waals surface area (Å²) in [4.78, 5) is 0. The molecule has 0 aromatic carbocycles. The van der Waals surface area contributed by atoms with Crippen LogP contribution < -0.4 is 11.1 Å². The number of hydrogen-bond donors (Lipinski definition) is 2. The van der Waals surface area contributed by atoms with Crippen molar-refractivity contribution in [3.8, 4) is 0 Å². The van der Waals surface area contributed by atoms with E-state index in [9.17, 15) is 0 Å². The minimum Gasteiger partial charge on any atom is -0.378 e. The first kappa shape index (κ1) is 13.3. The monoisotopic (exact) mass is 240 g/mol. The highest BCUT2D eigenvalue weighted by Gasteiger charge is 2.58. The van der Waals surface area contributed by atoms with Crippen LogP contribution in [0.3, 0.4) is 0 Å². The molecule has 0 saturated heterocycles. The molecule has 2 rings (SSSR count). The van der Waals surface area contributed by atoms with Crippen molar-refractivity contribution in [1.82, 2.24) is 5.32 Å². The molecule has 3 N–H and O–H groups in total. The number of hydrogen-bond acceptors (Lipinski definition) is 3. The van der Waals surface area contributed by atoms with Gasteiger partial charge < -0.3 is 15.8 Å². The maximum absolute atomic E-state index is 6.52. The van der Waals surface area contributed by atoms with E-state index in [1.807, 2.05) is 0 Å². The van der Waals surface area contributed by atoms with Gasteiger partial charge in [-0.3, -0.25) is 0 Å². The Hall–Kier alpha value is -0.120. The van der Waals surface area contributed by atoms with Crippen molar-refractivity contribution >= 4 is 0 Å². The SMILES string of the molecule is CCOC1CC(N)(CNC2CC(C)C2)C1(C)C. The second-order valence-corrected chi connectivity index (χ2v) is 6.68. The van der Waals surface area contributed by atoms with Gasteiger partial charge in [0.05, 0.1) is 6.10 Å². The molecule has 0 spiro atoms. The largest absolute Gasteiger partial charge is 0.378 e. The third-order valence-corrected chi connectivity index (χ3v) is 5.09. The number of ether oxygens (including phenoxy) is 1. The lowest BCUT2D eigenvalue weighted by Gasteiger charge is -2.60. The molecule has 3 heteroatoms. The third kappa shape index (κ3) is 2.25. The van der Waals surface area contributed by atoms with Crippen LogP contribution in [0.15, 0.2) is 0 Å². The standard InChI is InChI=1S/C14H28N2O/c1-5-17-12-8-14(15,13(12,3)4)9-16-11-6-10(2)7-11/h10-12,16H,5-9,15H2,1-4H3. The second-order valence-electron chi connectivity index (χ2n) is 6.68. The molecule has 0 aromatic heterocycles. The van der Waals surface area contributed by atoms with E-state index in [2.05, 4.69) is 33.0 Å². The van der Waals surface area contributed by atoms with Gasteiger partial charge in [-0.2, -0.15) is 0 Å². The average Bonchev–Trinajstić information content (AvgIpc) is 2.22. The summed E-state index contributed by atoms with van der Waals surface area (Å²) in [6.07, 6.45) is 3.94. The van der Waals surface area contributed by atoms with Crippen LogP contribution in [0, 0.1) is 11.3 Å². The molecular weight excluding hydrogens is 212 g/mol. The Kier molecular flexibility index (Phi) is 3.54. The molecule has 0 aromatic rings. The van der Waals surface area contributed by atoms with Crippen molar-refractivity contribution in [2.45, 2.75) is 64.6 Å². The summed E-state index contributed by atoms with van der Waals surface area (Å²) >= 11 is 0. The van der Waals surface area contributed by atoms with E-state index in [0.29, 0.717) is 12.1 Å². The van der Waals surface area contributed by atoms with Gasteiger partial charge in [-0.1, -0.05) is 20.8 Å². The molecule has 2 fully saturated rings. The number of rotatable bonds is 5. The van der Waals surface area contributed by atoms with E-state index < -0.39 is 0 Å². The summed E-state index contributed by atoms with van der Waals surface area (Å²) in [6, 6.07) is 0.701. The highest BCUT2D eigenvalue weighted by molar-refractivity contribution is 5.14. The predicted molar refractivity (Wildman–Crippen MR) is 70.9 cm³/mol. The maximum atomic E-state index is 6.52. The molecule has 17 heavy (non-hydrogen) atoms. The van der Waals surface area contributed by atoms with Crippen molar-refractivity contribution in [3.05, 3.63) is 0 Å². The van der Waals surface area contributed by atoms with E-state index in [0.717, 1.165) is 25.5 Å². The van der Waals surface area contributed by atoms with E-state index >= 15 is 0 Å². The van der Waals surface area contributed by atoms with E-state index in [4.69, 9.17) is 10.5 Å². The van der Waals surface area contributed by atoms with Crippen LogP contribution in [-0.2, 0) is 4.74 Å². The fourth-order valence-electron chi connectivity index (χ4n) is 3.20. The lowest BCUT2D eigenvalue weighted by Crippen LogP contribution is -2.74. The lowest BCUT2D eigenvalue weighted by molar-refractivity contribution is -0.149. The van der Waals surface area contributed by atoms with Crippen LogP contribution in [0.4, 0.5) is 0 Å². The average molecular weight is 240 g/mol. The molecule has 100 valence electrons. The van der Waals surface area contributed by atoms with Crippen LogP contribution in [-0.4, -0.2) is 30.8 Å². The van der Waals surface area contributed by atoms with Gasteiger partial charge in [-0.05, 0) is 32.1 Å². The molecule has 0 radical (unpaired) electrons. The summed E-state index contributed by atoms with van der Waals surface area (Å²) in [7, 11) is 0. The minimum atomic E-state index is -0.0916. The van der Waals surface area contributed by atoms with Gasteiger partial charge in [0.25, 0.3) is 0 Å². The molecule has 2 aliphatic carbocycles. The molecule has 2 unspecified atom stereocenters. The van der Waals surface area contributed by atoms with Crippen LogP contribution in [0.2, 0.25) is 0 Å². The first-order chi connectivity index (χ1) is 7.89. The van der Waals surface area contributed by atoms with Crippen LogP contribution >= 0.6 is 0 Å². The van der Waals surface area contributed by atoms with Gasteiger partial charge in [-0.25, -0.2) is 0 Å². The van der Waals surface area contributed by atoms with Gasteiger partial charge in [0.2, 0.25) is 0 Å². The van der Waals surface area contributed by atoms with E-state index in [1.165, 1.54) is 12.8 Å². The van der Waals surface area contributed by atoms with Gasteiger partial charge in [0, 0.05) is 30.1 Å². The zero-order chi connectivity index (χ0) is 12.7. The molecule has 2 aliphatic rings. The van der Waals surface area contributed by atoms with Gasteiger partial charge in [0.15, 0.2) is 0 Å². The Morgan fingerprint density at radius 1 is 1.35 bits per heavy atom. The predicted octanol–water partition coefficient (Wildman–Crippen LogP) is 1.91. The first-order valence-corrected chi connectivity index (χ1v) is 7.03. The molecule has 2 saturated carbocycles. The smallest absolute Gasteiger partial charge is 0.0662 e. The van der Waals surface area contributed by atoms with Crippen LogP contribution in [0.5, 0.6) is 0 Å². The molecular formula is C14H28N2O. The van der Waals surface area contributed by atoms with Gasteiger partial charge in [0.1, 0.15) is 0 Å². The zero-order valence-electron chi connectivity index (χ0n) is 11.8. The fraction of sp³-hybridized carbons (Fsp3) is 1.00. The highest BCUT2D eigenvalue weighted by atomic mass is 16.5. The Morgan fingerprint density at radius 2 is 2.00 bits per heavy atom. The van der Waals surface area contributed by atoms with Crippen molar-refractivity contribution in [3.63, 3.8) is 0 Å². The van der Waals surface area contributed by atoms with Gasteiger partial charge >= 0.3 is 0 Å². The van der Waals surface area contributed by atoms with E-state index in [1.54, 1.807) is 0 Å². The van der Waals surface area contributed by atoms with Gasteiger partial charge in [-0.15, -0.1) is 0 Å². The highest BCUT2D eigenvalue weighted by Crippen LogP contribution is 2.49. The normalized spacial score (nSPS) is 43.9. The zero-order valence-corrected chi connectivity index (χ0v) is 11.8.